The largest absolute Gasteiger partial charge is 0.385 e. The lowest BCUT2D eigenvalue weighted by atomic mass is 9.91. The summed E-state index contributed by atoms with van der Waals surface area (Å²) in [6.45, 7) is 5.52. The Hall–Kier alpha value is -0.640. The van der Waals surface area contributed by atoms with Gasteiger partial charge in [0.25, 0.3) is 0 Å². The summed E-state index contributed by atoms with van der Waals surface area (Å²) in [5.74, 6) is -0.00276. The van der Waals surface area contributed by atoms with E-state index in [4.69, 9.17) is 16.3 Å². The van der Waals surface area contributed by atoms with Gasteiger partial charge >= 0.3 is 0 Å². The van der Waals surface area contributed by atoms with Gasteiger partial charge in [-0.15, -0.1) is 0 Å². The van der Waals surface area contributed by atoms with E-state index in [0.717, 1.165) is 13.0 Å². The van der Waals surface area contributed by atoms with Crippen molar-refractivity contribution in [2.75, 3.05) is 20.3 Å². The molecule has 18 heavy (non-hydrogen) atoms. The number of ether oxygens (including phenoxy) is 1. The van der Waals surface area contributed by atoms with Crippen molar-refractivity contribution in [3.05, 3.63) is 34.6 Å². The molecule has 0 spiro atoms. The van der Waals surface area contributed by atoms with Gasteiger partial charge in [0.15, 0.2) is 0 Å². The minimum atomic E-state index is -0.252. The van der Waals surface area contributed by atoms with Gasteiger partial charge in [0.2, 0.25) is 0 Å². The molecule has 1 N–H and O–H groups in total. The summed E-state index contributed by atoms with van der Waals surface area (Å²) in [4.78, 5) is 0. The fraction of sp³-hybridized carbons (Fsp3) is 0.571. The first-order chi connectivity index (χ1) is 8.61. The van der Waals surface area contributed by atoms with Crippen LogP contribution < -0.4 is 5.32 Å². The van der Waals surface area contributed by atoms with Crippen LogP contribution in [0.2, 0.25) is 5.02 Å². The molecule has 102 valence electrons. The average Bonchev–Trinajstić information content (AvgIpc) is 2.34. The van der Waals surface area contributed by atoms with E-state index in [9.17, 15) is 4.39 Å². The number of hydrogen-bond donors (Lipinski definition) is 1. The van der Waals surface area contributed by atoms with E-state index in [2.05, 4.69) is 12.2 Å². The van der Waals surface area contributed by atoms with Gasteiger partial charge in [-0.05, 0) is 31.0 Å². The van der Waals surface area contributed by atoms with Crippen LogP contribution in [0.25, 0.3) is 0 Å². The van der Waals surface area contributed by atoms with Crippen molar-refractivity contribution >= 4 is 11.6 Å². The van der Waals surface area contributed by atoms with Crippen LogP contribution in [0.4, 0.5) is 4.39 Å². The number of hydrogen-bond acceptors (Lipinski definition) is 2. The highest BCUT2D eigenvalue weighted by Gasteiger charge is 2.23. The third kappa shape index (κ3) is 3.94. The molecule has 2 nitrogen and oxygen atoms in total. The predicted octanol–water partition coefficient (Wildman–Crippen LogP) is 3.80. The standard InChI is InChI=1S/C14H21ClFNO/c1-4-17-14(10(2)8-9-18-3)13-11(15)6-5-7-12(13)16/h5-7,10,14,17H,4,8-9H2,1-3H3. The van der Waals surface area contributed by atoms with E-state index < -0.39 is 0 Å². The zero-order valence-corrected chi connectivity index (χ0v) is 11.9. The van der Waals surface area contributed by atoms with Crippen molar-refractivity contribution in [3.63, 3.8) is 0 Å². The highest BCUT2D eigenvalue weighted by molar-refractivity contribution is 6.31. The van der Waals surface area contributed by atoms with Crippen LogP contribution in [0, 0.1) is 11.7 Å². The van der Waals surface area contributed by atoms with E-state index in [0.29, 0.717) is 17.2 Å². The molecule has 1 aromatic rings. The van der Waals surface area contributed by atoms with Crippen molar-refractivity contribution < 1.29 is 9.13 Å². The van der Waals surface area contributed by atoms with Crippen molar-refractivity contribution in [2.45, 2.75) is 26.3 Å². The van der Waals surface area contributed by atoms with E-state index >= 15 is 0 Å². The highest BCUT2D eigenvalue weighted by Crippen LogP contribution is 2.32. The van der Waals surface area contributed by atoms with Crippen LogP contribution >= 0.6 is 11.6 Å². The van der Waals surface area contributed by atoms with Crippen LogP contribution in [-0.2, 0) is 4.74 Å². The quantitative estimate of drug-likeness (QED) is 0.816. The Balaban J connectivity index is 2.96. The summed E-state index contributed by atoms with van der Waals surface area (Å²) in [6, 6.07) is 4.73. The van der Waals surface area contributed by atoms with Crippen molar-refractivity contribution in [1.82, 2.24) is 5.32 Å². The summed E-state index contributed by atoms with van der Waals surface area (Å²) in [5.41, 5.74) is 0.560. The maximum atomic E-state index is 14.0. The molecule has 0 amide bonds. The van der Waals surface area contributed by atoms with Crippen molar-refractivity contribution in [1.29, 1.82) is 0 Å². The molecule has 0 aromatic heterocycles. The minimum absolute atomic E-state index is 0.0844. The lowest BCUT2D eigenvalue weighted by Crippen LogP contribution is -2.28. The molecule has 2 atom stereocenters. The molecule has 0 fully saturated rings. The summed E-state index contributed by atoms with van der Waals surface area (Å²) < 4.78 is 19.0. The van der Waals surface area contributed by atoms with Crippen molar-refractivity contribution in [3.8, 4) is 0 Å². The van der Waals surface area contributed by atoms with E-state index in [1.807, 2.05) is 6.92 Å². The second kappa shape index (κ2) is 7.72. The Labute approximate surface area is 113 Å². The molecule has 0 heterocycles. The Morgan fingerprint density at radius 2 is 2.17 bits per heavy atom. The second-order valence-corrected chi connectivity index (χ2v) is 4.84. The van der Waals surface area contributed by atoms with Gasteiger partial charge in [0.1, 0.15) is 5.82 Å². The Kier molecular flexibility index (Phi) is 6.61. The number of nitrogens with one attached hydrogen (secondary N) is 1. The van der Waals surface area contributed by atoms with Gasteiger partial charge in [-0.2, -0.15) is 0 Å². The summed E-state index contributed by atoms with van der Waals surface area (Å²) in [6.07, 6.45) is 0.860. The molecule has 1 rings (SSSR count). The maximum Gasteiger partial charge on any atom is 0.129 e. The third-order valence-electron chi connectivity index (χ3n) is 3.08. The molecule has 4 heteroatoms. The van der Waals surface area contributed by atoms with Crippen LogP contribution in [0.3, 0.4) is 0 Å². The minimum Gasteiger partial charge on any atom is -0.385 e. The monoisotopic (exact) mass is 273 g/mol. The van der Waals surface area contributed by atoms with Gasteiger partial charge in [0, 0.05) is 30.3 Å². The average molecular weight is 274 g/mol. The number of rotatable bonds is 7. The van der Waals surface area contributed by atoms with Gasteiger partial charge in [-0.1, -0.05) is 31.5 Å². The number of halogens is 2. The molecule has 0 aliphatic heterocycles. The van der Waals surface area contributed by atoms with Crippen LogP contribution in [0.1, 0.15) is 31.9 Å². The molecule has 0 radical (unpaired) electrons. The molecular weight excluding hydrogens is 253 g/mol. The molecular formula is C14H21ClFNO. The van der Waals surface area contributed by atoms with Crippen LogP contribution in [0.5, 0.6) is 0 Å². The molecule has 0 aliphatic carbocycles. The van der Waals surface area contributed by atoms with Crippen LogP contribution in [0.15, 0.2) is 18.2 Å². The van der Waals surface area contributed by atoms with Gasteiger partial charge in [-0.3, -0.25) is 0 Å². The SMILES string of the molecule is CCNC(c1c(F)cccc1Cl)C(C)CCOC. The first-order valence-electron chi connectivity index (χ1n) is 6.28. The first-order valence-corrected chi connectivity index (χ1v) is 6.65. The zero-order chi connectivity index (χ0) is 13.5. The molecule has 0 aliphatic rings. The summed E-state index contributed by atoms with van der Waals surface area (Å²) in [7, 11) is 1.67. The Morgan fingerprint density at radius 3 is 2.72 bits per heavy atom. The lowest BCUT2D eigenvalue weighted by molar-refractivity contribution is 0.170. The molecule has 2 unspecified atom stereocenters. The van der Waals surface area contributed by atoms with Gasteiger partial charge in [0.05, 0.1) is 0 Å². The van der Waals surface area contributed by atoms with Gasteiger partial charge in [-0.25, -0.2) is 4.39 Å². The summed E-state index contributed by atoms with van der Waals surface area (Å²) >= 11 is 6.13. The molecule has 0 bridgehead atoms. The first kappa shape index (κ1) is 15.4. The molecule has 0 saturated heterocycles. The Bertz CT molecular complexity index is 353. The number of benzene rings is 1. The second-order valence-electron chi connectivity index (χ2n) is 4.43. The topological polar surface area (TPSA) is 21.3 Å². The maximum absolute atomic E-state index is 14.0. The summed E-state index contributed by atoms with van der Waals surface area (Å²) in [5, 5.41) is 3.79. The molecule has 1 aromatic carbocycles. The van der Waals surface area contributed by atoms with E-state index in [1.165, 1.54) is 6.07 Å². The fourth-order valence-electron chi connectivity index (χ4n) is 2.09. The smallest absolute Gasteiger partial charge is 0.129 e. The van der Waals surface area contributed by atoms with Gasteiger partial charge < -0.3 is 10.1 Å². The Morgan fingerprint density at radius 1 is 1.44 bits per heavy atom. The van der Waals surface area contributed by atoms with Crippen molar-refractivity contribution in [2.24, 2.45) is 5.92 Å². The molecule has 0 saturated carbocycles. The fourth-order valence-corrected chi connectivity index (χ4v) is 2.37. The normalized spacial score (nSPS) is 14.5. The lowest BCUT2D eigenvalue weighted by Gasteiger charge is -2.26. The highest BCUT2D eigenvalue weighted by atomic mass is 35.5. The number of methoxy groups -OCH3 is 1. The third-order valence-corrected chi connectivity index (χ3v) is 3.41. The zero-order valence-electron chi connectivity index (χ0n) is 11.2. The van der Waals surface area contributed by atoms with E-state index in [1.54, 1.807) is 19.2 Å². The van der Waals surface area contributed by atoms with Crippen LogP contribution in [-0.4, -0.2) is 20.3 Å². The van der Waals surface area contributed by atoms with E-state index in [-0.39, 0.29) is 17.8 Å². The predicted molar refractivity (Wildman–Crippen MR) is 73.5 cm³/mol.